The lowest BCUT2D eigenvalue weighted by Crippen LogP contribution is -2.54. The van der Waals surface area contributed by atoms with Crippen LogP contribution in [0.5, 0.6) is 0 Å². The van der Waals surface area contributed by atoms with Crippen LogP contribution < -0.4 is 10.6 Å². The fraction of sp³-hybridized carbons (Fsp3) is 0.281. The van der Waals surface area contributed by atoms with E-state index in [-0.39, 0.29) is 59.3 Å². The van der Waals surface area contributed by atoms with Crippen LogP contribution in [-0.4, -0.2) is 56.0 Å². The molecular formula is C32H32F2N6O2. The van der Waals surface area contributed by atoms with Crippen LogP contribution in [0.1, 0.15) is 47.6 Å². The number of benzene rings is 1. The molecule has 4 aromatic rings. The molecule has 0 N–H and O–H groups in total. The van der Waals surface area contributed by atoms with Crippen molar-refractivity contribution in [3.8, 4) is 16.9 Å². The minimum atomic E-state index is -2.64. The molecule has 1 amide bonds. The van der Waals surface area contributed by atoms with Crippen LogP contribution in [0.25, 0.3) is 34.1 Å². The van der Waals surface area contributed by atoms with E-state index in [0.29, 0.717) is 16.8 Å². The molecule has 1 fully saturated rings. The Morgan fingerprint density at radius 3 is 2.64 bits per heavy atom. The Hall–Kier alpha value is -4.73. The zero-order valence-electron chi connectivity index (χ0n) is 26.6. The van der Waals surface area contributed by atoms with Crippen LogP contribution in [0.3, 0.4) is 0 Å². The number of carbonyl (C=O) groups is 1. The van der Waals surface area contributed by atoms with Gasteiger partial charge in [0.2, 0.25) is 0 Å². The molecule has 0 saturated carbocycles. The monoisotopic (exact) mass is 573 g/mol. The highest BCUT2D eigenvalue weighted by molar-refractivity contribution is 5.92. The van der Waals surface area contributed by atoms with Crippen molar-refractivity contribution in [1.82, 2.24) is 24.4 Å². The molecule has 0 spiro atoms. The quantitative estimate of drug-likeness (QED) is 0.280. The maximum Gasteiger partial charge on any atom is 0.355 e. The predicted molar refractivity (Wildman–Crippen MR) is 161 cm³/mol. The first-order chi connectivity index (χ1) is 21.2. The van der Waals surface area contributed by atoms with Gasteiger partial charge in [-0.15, -0.1) is 0 Å². The van der Waals surface area contributed by atoms with Gasteiger partial charge in [-0.3, -0.25) is 9.78 Å². The number of aromatic nitrogens is 4. The number of carbonyl (C=O) groups excluding carboxylic acids is 1. The molecule has 0 radical (unpaired) electrons. The van der Waals surface area contributed by atoms with Gasteiger partial charge in [0.1, 0.15) is 17.3 Å². The van der Waals surface area contributed by atoms with Crippen LogP contribution in [-0.2, 0) is 4.79 Å². The van der Waals surface area contributed by atoms with Crippen LogP contribution >= 0.6 is 0 Å². The first-order valence-corrected chi connectivity index (χ1v) is 13.5. The number of nitrogens with zero attached hydrogens (tertiary/aromatic N) is 6. The summed E-state index contributed by atoms with van der Waals surface area (Å²) in [5.74, 6) is -2.82. The molecule has 4 heterocycles. The molecule has 8 nitrogen and oxygen atoms in total. The number of aryl methyl sites for hydroxylation is 1. The first kappa shape index (κ1) is 25.0. The van der Waals surface area contributed by atoms with Gasteiger partial charge in [0, 0.05) is 41.5 Å². The fourth-order valence-corrected chi connectivity index (χ4v) is 5.36. The topological polar surface area (TPSA) is 84.2 Å². The predicted octanol–water partition coefficient (Wildman–Crippen LogP) is 5.58. The zero-order chi connectivity index (χ0) is 32.8. The van der Waals surface area contributed by atoms with E-state index < -0.39 is 36.1 Å². The Kier molecular flexibility index (Phi) is 6.71. The molecule has 0 bridgehead atoms. The van der Waals surface area contributed by atoms with Gasteiger partial charge in [-0.2, -0.15) is 4.98 Å². The third kappa shape index (κ3) is 4.97. The van der Waals surface area contributed by atoms with E-state index in [1.807, 2.05) is 13.8 Å². The van der Waals surface area contributed by atoms with Crippen LogP contribution in [0.2, 0.25) is 0 Å². The largest absolute Gasteiger partial charge is 0.355 e. The number of hydrogen-bond donors (Lipinski definition) is 0. The second-order valence-corrected chi connectivity index (χ2v) is 10.5. The van der Waals surface area contributed by atoms with Gasteiger partial charge in [-0.1, -0.05) is 57.3 Å². The maximum atomic E-state index is 16.1. The molecule has 0 aliphatic carbocycles. The van der Waals surface area contributed by atoms with Crippen molar-refractivity contribution in [2.45, 2.75) is 39.6 Å². The van der Waals surface area contributed by atoms with Gasteiger partial charge in [0.05, 0.1) is 16.8 Å². The molecule has 5 rings (SSSR count). The Morgan fingerprint density at radius 2 is 1.98 bits per heavy atom. The number of pyridine rings is 2. The van der Waals surface area contributed by atoms with Crippen LogP contribution in [0.4, 0.5) is 14.6 Å². The van der Waals surface area contributed by atoms with Crippen LogP contribution in [0, 0.1) is 12.7 Å². The van der Waals surface area contributed by atoms with E-state index in [4.69, 9.17) is 9.10 Å². The van der Waals surface area contributed by atoms with Crippen molar-refractivity contribution in [3.63, 3.8) is 0 Å². The number of amides is 1. The Morgan fingerprint density at radius 1 is 1.21 bits per heavy atom. The van der Waals surface area contributed by atoms with E-state index in [9.17, 15) is 14.0 Å². The van der Waals surface area contributed by atoms with Gasteiger partial charge in [-0.05, 0) is 43.0 Å². The summed E-state index contributed by atoms with van der Waals surface area (Å²) in [6, 6.07) is 9.01. The number of halogens is 2. The van der Waals surface area contributed by atoms with Crippen molar-refractivity contribution in [2.24, 2.45) is 0 Å². The summed E-state index contributed by atoms with van der Waals surface area (Å²) in [7, 11) is 0. The first-order valence-electron chi connectivity index (χ1n) is 15.0. The lowest BCUT2D eigenvalue weighted by atomic mass is 10.0. The second kappa shape index (κ2) is 11.3. The summed E-state index contributed by atoms with van der Waals surface area (Å²) in [4.78, 5) is 42.9. The lowest BCUT2D eigenvalue weighted by molar-refractivity contribution is -0.129. The standard InChI is InChI=1S/C32H32F2N6O2/c1-7-22-10-8-9-11-23(22)27-25(34)16-24-29(39-15-14-38(17-20(39)5)31(41)21(6)33)37-32(42)40(30(24)36-27)28-19(4)12-13-35-26(28)18(2)3/h7-13,16,18,20H,1,6,14-15,17H2,2-5H3/t20-/m0/s1/i4D3. The normalized spacial score (nSPS) is 16.7. The summed E-state index contributed by atoms with van der Waals surface area (Å²) in [5.41, 5.74) is 0.279. The number of rotatable bonds is 6. The number of piperazine rings is 1. The van der Waals surface area contributed by atoms with Crippen molar-refractivity contribution in [3.05, 3.63) is 94.7 Å². The molecule has 3 aromatic heterocycles. The molecule has 1 saturated heterocycles. The van der Waals surface area contributed by atoms with Gasteiger partial charge in [0.15, 0.2) is 11.5 Å². The van der Waals surface area contributed by atoms with Gasteiger partial charge >= 0.3 is 5.69 Å². The molecule has 216 valence electrons. The van der Waals surface area contributed by atoms with E-state index in [2.05, 4.69) is 23.1 Å². The van der Waals surface area contributed by atoms with E-state index in [1.165, 1.54) is 23.2 Å². The van der Waals surface area contributed by atoms with Gasteiger partial charge in [-0.25, -0.2) is 23.1 Å². The zero-order valence-corrected chi connectivity index (χ0v) is 23.6. The van der Waals surface area contributed by atoms with Crippen molar-refractivity contribution >= 4 is 28.8 Å². The smallest absolute Gasteiger partial charge is 0.350 e. The minimum Gasteiger partial charge on any atom is -0.350 e. The molecule has 10 heteroatoms. The Balaban J connectivity index is 1.85. The van der Waals surface area contributed by atoms with E-state index in [1.54, 1.807) is 42.2 Å². The van der Waals surface area contributed by atoms with Crippen molar-refractivity contribution in [1.29, 1.82) is 0 Å². The number of hydrogen-bond acceptors (Lipinski definition) is 6. The van der Waals surface area contributed by atoms with Gasteiger partial charge < -0.3 is 9.80 Å². The third-order valence-corrected chi connectivity index (χ3v) is 7.38. The molecule has 1 aliphatic rings. The summed E-state index contributed by atoms with van der Waals surface area (Å²) in [5, 5.41) is 0.142. The second-order valence-electron chi connectivity index (χ2n) is 10.5. The minimum absolute atomic E-state index is 0.00790. The van der Waals surface area contributed by atoms with Gasteiger partial charge in [0.25, 0.3) is 5.91 Å². The molecule has 1 aromatic carbocycles. The highest BCUT2D eigenvalue weighted by Crippen LogP contribution is 2.34. The van der Waals surface area contributed by atoms with Crippen molar-refractivity contribution < 1.29 is 17.7 Å². The number of anilines is 1. The summed E-state index contributed by atoms with van der Waals surface area (Å²) in [6.45, 7) is 10.0. The van der Waals surface area contributed by atoms with E-state index >= 15 is 4.39 Å². The molecule has 0 unspecified atom stereocenters. The third-order valence-electron chi connectivity index (χ3n) is 7.38. The summed E-state index contributed by atoms with van der Waals surface area (Å²) < 4.78 is 55.6. The van der Waals surface area contributed by atoms with Crippen LogP contribution in [0.15, 0.2) is 66.4 Å². The van der Waals surface area contributed by atoms with Crippen molar-refractivity contribution in [2.75, 3.05) is 24.5 Å². The molecule has 42 heavy (non-hydrogen) atoms. The molecule has 1 atom stereocenters. The molecular weight excluding hydrogens is 538 g/mol. The number of fused-ring (bicyclic) bond motifs is 1. The lowest BCUT2D eigenvalue weighted by Gasteiger charge is -2.40. The highest BCUT2D eigenvalue weighted by Gasteiger charge is 2.32. The summed E-state index contributed by atoms with van der Waals surface area (Å²) in [6.07, 6.45) is 2.94. The fourth-order valence-electron chi connectivity index (χ4n) is 5.36. The maximum absolute atomic E-state index is 16.1. The summed E-state index contributed by atoms with van der Waals surface area (Å²) >= 11 is 0. The average molecular weight is 574 g/mol. The Bertz CT molecular complexity index is 1910. The Labute approximate surface area is 246 Å². The SMILES string of the molecule is [2H]C([2H])([2H])c1ccnc(C(C)C)c1-n1c(=O)nc(N2CCN(C(=O)C(=C)F)C[C@@H]2C)c2cc(F)c(-c3ccccc3C=C)nc21. The highest BCUT2D eigenvalue weighted by atomic mass is 19.1. The molecule has 1 aliphatic heterocycles. The average Bonchev–Trinajstić information content (AvgIpc) is 2.99. The van der Waals surface area contributed by atoms with E-state index in [0.717, 1.165) is 4.57 Å².